The summed E-state index contributed by atoms with van der Waals surface area (Å²) in [6.45, 7) is 23.2. The maximum Gasteiger partial charge on any atom is 0.412 e. The van der Waals surface area contributed by atoms with Crippen molar-refractivity contribution in [1.82, 2.24) is 25.5 Å². The highest BCUT2D eigenvalue weighted by Crippen LogP contribution is 2.33. The number of aliphatic hydroxyl groups is 1. The Balaban J connectivity index is 1.76. The molecule has 10 atom stereocenters. The molecule has 0 bridgehead atoms. The summed E-state index contributed by atoms with van der Waals surface area (Å²) in [7, 11) is 5.00. The van der Waals surface area contributed by atoms with Crippen molar-refractivity contribution in [1.29, 1.82) is 0 Å². The minimum atomic E-state index is -0.889. The quantitative estimate of drug-likeness (QED) is 0.0812. The average molecular weight is 923 g/mol. The highest BCUT2D eigenvalue weighted by Gasteiger charge is 2.43. The van der Waals surface area contributed by atoms with Gasteiger partial charge in [-0.25, -0.2) is 4.79 Å². The van der Waals surface area contributed by atoms with E-state index in [-0.39, 0.29) is 65.8 Å². The molecule has 0 unspecified atom stereocenters. The van der Waals surface area contributed by atoms with Crippen LogP contribution in [0, 0.1) is 29.6 Å². The fourth-order valence-electron chi connectivity index (χ4n) is 9.19. The van der Waals surface area contributed by atoms with Gasteiger partial charge >= 0.3 is 6.09 Å². The van der Waals surface area contributed by atoms with Crippen LogP contribution < -0.4 is 20.8 Å². The lowest BCUT2D eigenvalue weighted by Crippen LogP contribution is -2.59. The molecule has 15 nitrogen and oxygen atoms in total. The first-order chi connectivity index (χ1) is 30.9. The summed E-state index contributed by atoms with van der Waals surface area (Å²) in [6, 6.07) is 13.1. The number of hydroxylamine groups is 2. The molecule has 0 aliphatic carbocycles. The number of rotatable bonds is 23. The van der Waals surface area contributed by atoms with Crippen LogP contribution in [-0.2, 0) is 28.7 Å². The molecule has 1 heterocycles. The molecule has 0 aromatic heterocycles. The van der Waals surface area contributed by atoms with Gasteiger partial charge in [0.05, 0.1) is 30.2 Å². The lowest BCUT2D eigenvalue weighted by atomic mass is 9.82. The van der Waals surface area contributed by atoms with Gasteiger partial charge < -0.3 is 39.9 Å². The normalized spacial score (nSPS) is 18.3. The first-order valence-corrected chi connectivity index (χ1v) is 23.9. The Kier molecular flexibility index (Phi) is 21.4. The fraction of sp³-hybridized carbons (Fsp3) is 0.667. The van der Waals surface area contributed by atoms with E-state index in [1.165, 1.54) is 5.06 Å². The van der Waals surface area contributed by atoms with Crippen LogP contribution in [0.25, 0.3) is 0 Å². The average Bonchev–Trinajstić information content (AvgIpc) is 3.74. The topological polar surface area (TPSA) is 179 Å². The second kappa shape index (κ2) is 25.4. The van der Waals surface area contributed by atoms with Crippen molar-refractivity contribution < 1.29 is 43.4 Å². The molecule has 1 aliphatic rings. The Labute approximate surface area is 395 Å². The monoisotopic (exact) mass is 923 g/mol. The lowest BCUT2D eigenvalue weighted by molar-refractivity contribution is -0.150. The summed E-state index contributed by atoms with van der Waals surface area (Å²) < 4.78 is 11.4. The predicted octanol–water partition coefficient (Wildman–Crippen LogP) is 7.59. The van der Waals surface area contributed by atoms with Crippen LogP contribution in [-0.4, -0.2) is 119 Å². The standard InChI is InChI=1S/C51H82N6O9/c1-16-33(7)44(36(17-2)29-41(58)57-28-22-27-40(57)46(64-15)34(8)47(60)52-35(9)45(59)37-23-19-18-20-24-37)55(13)49(62)42(31(3)4)54-48(61)43(32(5)6)56(14)66-39-26-21-25-38(30-39)53-50(63)65-51(10,11)12/h18-21,23-26,30-36,40,42-46,59H,16-17,22,27-29H2,1-15H3,(H,52,60)(H,53,63)(H,54,61)/t33-,34+,35+,36+,40-,42-,43-,44-,45+,46+/m0/s1. The van der Waals surface area contributed by atoms with Crippen molar-refractivity contribution in [3.8, 4) is 5.75 Å². The summed E-state index contributed by atoms with van der Waals surface area (Å²) in [6.07, 6.45) is 0.971. The third kappa shape index (κ3) is 15.4. The van der Waals surface area contributed by atoms with Gasteiger partial charge in [0.25, 0.3) is 0 Å². The summed E-state index contributed by atoms with van der Waals surface area (Å²) in [5.41, 5.74) is 0.492. The van der Waals surface area contributed by atoms with Crippen molar-refractivity contribution in [2.45, 2.75) is 163 Å². The number of likely N-dealkylation sites (N-methyl/N-ethyl adjacent to an activating group) is 2. The molecule has 0 saturated carbocycles. The van der Waals surface area contributed by atoms with E-state index in [9.17, 15) is 29.1 Å². The second-order valence-electron chi connectivity index (χ2n) is 19.8. The number of anilines is 1. The van der Waals surface area contributed by atoms with Crippen LogP contribution >= 0.6 is 0 Å². The van der Waals surface area contributed by atoms with Gasteiger partial charge in [0.15, 0.2) is 0 Å². The number of aliphatic hydroxyl groups excluding tert-OH is 1. The van der Waals surface area contributed by atoms with E-state index < -0.39 is 47.9 Å². The van der Waals surface area contributed by atoms with Gasteiger partial charge in [0, 0.05) is 52.0 Å². The van der Waals surface area contributed by atoms with Gasteiger partial charge in [0.2, 0.25) is 23.6 Å². The predicted molar refractivity (Wildman–Crippen MR) is 258 cm³/mol. The molecule has 3 rings (SSSR count). The molecular weight excluding hydrogens is 841 g/mol. The molecule has 66 heavy (non-hydrogen) atoms. The molecule has 0 spiro atoms. The number of benzene rings is 2. The minimum absolute atomic E-state index is 0.0294. The maximum atomic E-state index is 14.7. The lowest BCUT2D eigenvalue weighted by Gasteiger charge is -2.41. The number of nitrogens with one attached hydrogen (secondary N) is 3. The van der Waals surface area contributed by atoms with Gasteiger partial charge in [-0.1, -0.05) is 105 Å². The fourth-order valence-corrected chi connectivity index (χ4v) is 9.19. The first kappa shape index (κ1) is 55.6. The summed E-state index contributed by atoms with van der Waals surface area (Å²) in [4.78, 5) is 79.1. The SMILES string of the molecule is CC[C@H](CC(=O)N1CCC[C@H]1[C@H](OC)[C@@H](C)C(=O)N[C@H](C)[C@@H](O)c1ccccc1)[C@H]([C@@H](C)CC)N(C)C(=O)[C@@H](NC(=O)[C@H](C(C)C)N(C)Oc1cccc(NC(=O)OC(C)(C)C)c1)C(C)C. The number of likely N-dealkylation sites (tertiary alicyclic amines) is 1. The van der Waals surface area contributed by atoms with Crippen molar-refractivity contribution in [2.75, 3.05) is 33.1 Å². The molecule has 5 amide bonds. The van der Waals surface area contributed by atoms with E-state index in [1.54, 1.807) is 85.0 Å². The van der Waals surface area contributed by atoms with E-state index in [0.717, 1.165) is 12.8 Å². The largest absolute Gasteiger partial charge is 0.444 e. The third-order valence-electron chi connectivity index (χ3n) is 12.9. The summed E-state index contributed by atoms with van der Waals surface area (Å²) in [5, 5.41) is 21.1. The third-order valence-corrected chi connectivity index (χ3v) is 12.9. The van der Waals surface area contributed by atoms with E-state index in [0.29, 0.717) is 36.4 Å². The zero-order valence-corrected chi connectivity index (χ0v) is 42.4. The molecule has 4 N–H and O–H groups in total. The number of amides is 5. The Morgan fingerprint density at radius 3 is 2.08 bits per heavy atom. The molecule has 1 fully saturated rings. The smallest absolute Gasteiger partial charge is 0.412 e. The van der Waals surface area contributed by atoms with E-state index in [2.05, 4.69) is 29.8 Å². The number of ether oxygens (including phenoxy) is 2. The van der Waals surface area contributed by atoms with Gasteiger partial charge in [0.1, 0.15) is 23.4 Å². The van der Waals surface area contributed by atoms with Crippen LogP contribution in [0.3, 0.4) is 0 Å². The summed E-state index contributed by atoms with van der Waals surface area (Å²) in [5.74, 6) is -1.82. The number of hydrogen-bond acceptors (Lipinski definition) is 10. The zero-order chi connectivity index (χ0) is 49.6. The van der Waals surface area contributed by atoms with Gasteiger partial charge in [-0.15, -0.1) is 5.06 Å². The molecule has 2 aromatic carbocycles. The van der Waals surface area contributed by atoms with Crippen LogP contribution in [0.4, 0.5) is 10.5 Å². The maximum absolute atomic E-state index is 14.7. The molecule has 1 aliphatic heterocycles. The minimum Gasteiger partial charge on any atom is -0.444 e. The first-order valence-electron chi connectivity index (χ1n) is 23.9. The molecule has 370 valence electrons. The van der Waals surface area contributed by atoms with Crippen molar-refractivity contribution >= 4 is 35.4 Å². The van der Waals surface area contributed by atoms with E-state index >= 15 is 0 Å². The van der Waals surface area contributed by atoms with Crippen LogP contribution in [0.15, 0.2) is 54.6 Å². The van der Waals surface area contributed by atoms with Gasteiger partial charge in [-0.05, 0) is 81.9 Å². The van der Waals surface area contributed by atoms with Crippen molar-refractivity contribution in [2.24, 2.45) is 29.6 Å². The second-order valence-corrected chi connectivity index (χ2v) is 19.8. The Bertz CT molecular complexity index is 1870. The van der Waals surface area contributed by atoms with Crippen LogP contribution in [0.1, 0.15) is 127 Å². The molecule has 0 radical (unpaired) electrons. The number of carbonyl (C=O) groups is 5. The highest BCUT2D eigenvalue weighted by atomic mass is 16.7. The Hall–Kier alpha value is -4.73. The Morgan fingerprint density at radius 1 is 0.864 bits per heavy atom. The van der Waals surface area contributed by atoms with E-state index in [1.807, 2.05) is 69.9 Å². The Morgan fingerprint density at radius 2 is 1.52 bits per heavy atom. The van der Waals surface area contributed by atoms with E-state index in [4.69, 9.17) is 14.3 Å². The van der Waals surface area contributed by atoms with Crippen LogP contribution in [0.2, 0.25) is 0 Å². The number of hydrogen-bond donors (Lipinski definition) is 4. The number of carbonyl (C=O) groups excluding carboxylic acids is 5. The van der Waals surface area contributed by atoms with Crippen molar-refractivity contribution in [3.63, 3.8) is 0 Å². The number of nitrogens with zero attached hydrogens (tertiary/aromatic N) is 3. The zero-order valence-electron chi connectivity index (χ0n) is 42.4. The van der Waals surface area contributed by atoms with Gasteiger partial charge in [-0.3, -0.25) is 24.5 Å². The summed E-state index contributed by atoms with van der Waals surface area (Å²) >= 11 is 0. The molecular formula is C51H82N6O9. The molecule has 15 heteroatoms. The molecule has 1 saturated heterocycles. The highest BCUT2D eigenvalue weighted by molar-refractivity contribution is 5.90. The molecule has 2 aromatic rings. The van der Waals surface area contributed by atoms with Gasteiger partial charge in [-0.2, -0.15) is 0 Å². The van der Waals surface area contributed by atoms with Crippen LogP contribution in [0.5, 0.6) is 5.75 Å². The van der Waals surface area contributed by atoms with Crippen molar-refractivity contribution in [3.05, 3.63) is 60.2 Å². The number of methoxy groups -OCH3 is 1.